The highest BCUT2D eigenvalue weighted by Crippen LogP contribution is 2.14. The standard InChI is InChI=1S/C9H15N3O4S/c1-3-5-12-8(10)7(9(13)16-4-2)6-11-17(12,14)15/h6,10-11H,3-5H2,1-2H3. The molecule has 0 aromatic rings. The van der Waals surface area contributed by atoms with E-state index < -0.39 is 16.2 Å². The van der Waals surface area contributed by atoms with Crippen LogP contribution in [0.5, 0.6) is 0 Å². The van der Waals surface area contributed by atoms with Gasteiger partial charge >= 0.3 is 16.2 Å². The number of hydrogen-bond donors (Lipinski definition) is 2. The zero-order valence-electron chi connectivity index (χ0n) is 9.69. The molecule has 96 valence electrons. The molecule has 1 aliphatic rings. The van der Waals surface area contributed by atoms with Crippen LogP contribution in [0, 0.1) is 5.41 Å². The van der Waals surface area contributed by atoms with Gasteiger partial charge in [0, 0.05) is 12.7 Å². The Morgan fingerprint density at radius 3 is 2.71 bits per heavy atom. The van der Waals surface area contributed by atoms with Gasteiger partial charge in [0.05, 0.1) is 6.61 Å². The van der Waals surface area contributed by atoms with E-state index in [2.05, 4.69) is 4.72 Å². The van der Waals surface area contributed by atoms with Gasteiger partial charge in [-0.05, 0) is 13.3 Å². The molecule has 0 fully saturated rings. The number of carbonyl (C=O) groups is 1. The number of hydrogen-bond acceptors (Lipinski definition) is 5. The van der Waals surface area contributed by atoms with E-state index >= 15 is 0 Å². The van der Waals surface area contributed by atoms with E-state index in [1.807, 2.05) is 0 Å². The summed E-state index contributed by atoms with van der Waals surface area (Å²) in [5, 5.41) is 7.71. The minimum atomic E-state index is -3.74. The minimum absolute atomic E-state index is 0.0878. The van der Waals surface area contributed by atoms with Gasteiger partial charge in [0.2, 0.25) is 0 Å². The van der Waals surface area contributed by atoms with Crippen molar-refractivity contribution < 1.29 is 17.9 Å². The molecular weight excluding hydrogens is 246 g/mol. The predicted octanol–water partition coefficient (Wildman–Crippen LogP) is -0.0293. The fraction of sp³-hybridized carbons (Fsp3) is 0.556. The molecule has 0 amide bonds. The van der Waals surface area contributed by atoms with E-state index in [9.17, 15) is 13.2 Å². The van der Waals surface area contributed by atoms with Gasteiger partial charge in [-0.15, -0.1) is 0 Å². The number of esters is 1. The van der Waals surface area contributed by atoms with Gasteiger partial charge in [0.25, 0.3) is 0 Å². The van der Waals surface area contributed by atoms with Crippen molar-refractivity contribution in [1.82, 2.24) is 9.03 Å². The van der Waals surface area contributed by atoms with Crippen LogP contribution in [0.25, 0.3) is 0 Å². The predicted molar refractivity (Wildman–Crippen MR) is 61.5 cm³/mol. The van der Waals surface area contributed by atoms with Gasteiger partial charge in [0.1, 0.15) is 5.57 Å². The molecule has 0 unspecified atom stereocenters. The highest BCUT2D eigenvalue weighted by Gasteiger charge is 2.33. The lowest BCUT2D eigenvalue weighted by molar-refractivity contribution is -0.137. The second kappa shape index (κ2) is 5.17. The van der Waals surface area contributed by atoms with Gasteiger partial charge in [-0.2, -0.15) is 8.42 Å². The zero-order valence-corrected chi connectivity index (χ0v) is 10.5. The van der Waals surface area contributed by atoms with E-state index in [-0.39, 0.29) is 24.6 Å². The third kappa shape index (κ3) is 2.76. The molecule has 0 saturated heterocycles. The van der Waals surface area contributed by atoms with Crippen molar-refractivity contribution in [3.8, 4) is 0 Å². The Kier molecular flexibility index (Phi) is 4.11. The van der Waals surface area contributed by atoms with Crippen LogP contribution in [0.4, 0.5) is 0 Å². The Morgan fingerprint density at radius 2 is 2.18 bits per heavy atom. The maximum atomic E-state index is 11.6. The van der Waals surface area contributed by atoms with Gasteiger partial charge in [-0.25, -0.2) is 9.10 Å². The molecule has 17 heavy (non-hydrogen) atoms. The first kappa shape index (κ1) is 13.5. The summed E-state index contributed by atoms with van der Waals surface area (Å²) in [4.78, 5) is 11.5. The zero-order chi connectivity index (χ0) is 13.1. The molecule has 0 aliphatic carbocycles. The Morgan fingerprint density at radius 1 is 1.53 bits per heavy atom. The molecule has 0 radical (unpaired) electrons. The summed E-state index contributed by atoms with van der Waals surface area (Å²) in [6.07, 6.45) is 1.53. The summed E-state index contributed by atoms with van der Waals surface area (Å²) in [6, 6.07) is 0. The van der Waals surface area contributed by atoms with Crippen molar-refractivity contribution in [3.05, 3.63) is 11.8 Å². The fourth-order valence-corrected chi connectivity index (χ4v) is 2.48. The van der Waals surface area contributed by atoms with Crippen molar-refractivity contribution in [2.24, 2.45) is 0 Å². The average molecular weight is 261 g/mol. The van der Waals surface area contributed by atoms with Crippen LogP contribution in [0.2, 0.25) is 0 Å². The molecule has 0 spiro atoms. The van der Waals surface area contributed by atoms with Crippen LogP contribution in [0.3, 0.4) is 0 Å². The van der Waals surface area contributed by atoms with Crippen LogP contribution in [0.1, 0.15) is 20.3 Å². The van der Waals surface area contributed by atoms with Crippen molar-refractivity contribution in [2.75, 3.05) is 13.2 Å². The summed E-state index contributed by atoms with van der Waals surface area (Å²) in [7, 11) is -3.74. The molecule has 0 bridgehead atoms. The van der Waals surface area contributed by atoms with Crippen LogP contribution in [-0.4, -0.2) is 37.7 Å². The number of carbonyl (C=O) groups excluding carboxylic acids is 1. The molecular formula is C9H15N3O4S. The van der Waals surface area contributed by atoms with E-state index in [1.54, 1.807) is 13.8 Å². The van der Waals surface area contributed by atoms with E-state index in [1.165, 1.54) is 0 Å². The number of nitrogens with one attached hydrogen (secondary N) is 2. The van der Waals surface area contributed by atoms with Gasteiger partial charge in [-0.1, -0.05) is 6.92 Å². The van der Waals surface area contributed by atoms with Crippen LogP contribution in [-0.2, 0) is 19.7 Å². The van der Waals surface area contributed by atoms with Crippen molar-refractivity contribution in [2.45, 2.75) is 20.3 Å². The maximum Gasteiger partial charge on any atom is 0.343 e. The second-order valence-electron chi connectivity index (χ2n) is 3.32. The highest BCUT2D eigenvalue weighted by molar-refractivity contribution is 7.87. The van der Waals surface area contributed by atoms with Crippen LogP contribution >= 0.6 is 0 Å². The number of rotatable bonds is 4. The summed E-state index contributed by atoms with van der Waals surface area (Å²) in [5.41, 5.74) is -0.0878. The Hall–Kier alpha value is -1.57. The lowest BCUT2D eigenvalue weighted by Crippen LogP contribution is -2.48. The largest absolute Gasteiger partial charge is 0.462 e. The summed E-state index contributed by atoms with van der Waals surface area (Å²) in [6.45, 7) is 3.74. The minimum Gasteiger partial charge on any atom is -0.462 e. The van der Waals surface area contributed by atoms with Gasteiger partial charge in [-0.3, -0.25) is 10.1 Å². The third-order valence-electron chi connectivity index (χ3n) is 2.07. The summed E-state index contributed by atoms with van der Waals surface area (Å²) < 4.78 is 30.9. The fourth-order valence-electron chi connectivity index (χ4n) is 1.32. The van der Waals surface area contributed by atoms with Crippen molar-refractivity contribution >= 4 is 22.0 Å². The van der Waals surface area contributed by atoms with Gasteiger partial charge in [0.15, 0.2) is 5.84 Å². The van der Waals surface area contributed by atoms with Crippen LogP contribution in [0.15, 0.2) is 11.8 Å². The lowest BCUT2D eigenvalue weighted by Gasteiger charge is -2.28. The Labute approximate surface area is 100 Å². The molecule has 1 aliphatic heterocycles. The van der Waals surface area contributed by atoms with Crippen LogP contribution < -0.4 is 4.72 Å². The quantitative estimate of drug-likeness (QED) is 0.694. The molecule has 0 aromatic carbocycles. The van der Waals surface area contributed by atoms with Crippen molar-refractivity contribution in [3.63, 3.8) is 0 Å². The number of amidine groups is 1. The maximum absolute atomic E-state index is 11.6. The Bertz CT molecular complexity index is 455. The first-order valence-corrected chi connectivity index (χ1v) is 6.64. The topological polar surface area (TPSA) is 99.6 Å². The summed E-state index contributed by atoms with van der Waals surface area (Å²) in [5.74, 6) is -1.06. The van der Waals surface area contributed by atoms with Crippen molar-refractivity contribution in [1.29, 1.82) is 5.41 Å². The highest BCUT2D eigenvalue weighted by atomic mass is 32.2. The molecule has 1 heterocycles. The molecule has 2 N–H and O–H groups in total. The third-order valence-corrected chi connectivity index (χ3v) is 3.43. The first-order chi connectivity index (χ1) is 7.94. The average Bonchev–Trinajstić information content (AvgIpc) is 2.24. The number of nitrogens with zero attached hydrogens (tertiary/aromatic N) is 1. The SMILES string of the molecule is CCCN1C(=N)C(C(=O)OCC)=CNS1(=O)=O. The molecule has 0 saturated carbocycles. The molecule has 7 nitrogen and oxygen atoms in total. The molecule has 8 heteroatoms. The lowest BCUT2D eigenvalue weighted by atomic mass is 10.2. The molecule has 0 aromatic heterocycles. The van der Waals surface area contributed by atoms with E-state index in [0.29, 0.717) is 6.42 Å². The molecule has 0 atom stereocenters. The normalized spacial score (nSPS) is 18.4. The van der Waals surface area contributed by atoms with Gasteiger partial charge < -0.3 is 4.74 Å². The summed E-state index contributed by atoms with van der Waals surface area (Å²) >= 11 is 0. The van der Waals surface area contributed by atoms with E-state index in [4.69, 9.17) is 10.1 Å². The molecule has 1 rings (SSSR count). The van der Waals surface area contributed by atoms with E-state index in [0.717, 1.165) is 10.5 Å². The first-order valence-electron chi connectivity index (χ1n) is 5.20. The smallest absolute Gasteiger partial charge is 0.343 e. The monoisotopic (exact) mass is 261 g/mol. The number of ether oxygens (including phenoxy) is 1. The second-order valence-corrected chi connectivity index (χ2v) is 4.95. The Balaban J connectivity index is 3.02.